The lowest BCUT2D eigenvalue weighted by molar-refractivity contribution is -0.120. The van der Waals surface area contributed by atoms with Crippen LogP contribution in [0.15, 0.2) is 72.9 Å². The van der Waals surface area contributed by atoms with Crippen molar-refractivity contribution in [2.24, 2.45) is 0 Å². The molecule has 14 heteroatoms. The average molecular weight is 687 g/mol. The number of nitrogens with one attached hydrogen (secondary N) is 3. The number of imide groups is 1. The van der Waals surface area contributed by atoms with Crippen LogP contribution in [0.5, 0.6) is 0 Å². The average Bonchev–Trinajstić information content (AvgIpc) is 3.81. The third kappa shape index (κ3) is 7.17. The van der Waals surface area contributed by atoms with E-state index in [0.717, 1.165) is 73.0 Å². The van der Waals surface area contributed by atoms with Gasteiger partial charge in [-0.15, -0.1) is 5.10 Å². The third-order valence-electron chi connectivity index (χ3n) is 10.2. The highest BCUT2D eigenvalue weighted by molar-refractivity contribution is 6.05. The van der Waals surface area contributed by atoms with Crippen LogP contribution >= 0.6 is 0 Å². The van der Waals surface area contributed by atoms with E-state index in [0.29, 0.717) is 36.9 Å². The minimum absolute atomic E-state index is 0.256. The number of piperidine rings is 1. The van der Waals surface area contributed by atoms with Gasteiger partial charge in [-0.3, -0.25) is 24.5 Å². The lowest BCUT2D eigenvalue weighted by atomic mass is 10.0. The van der Waals surface area contributed by atoms with E-state index < -0.39 is 6.03 Å². The number of fused-ring (bicyclic) bond motifs is 1. The summed E-state index contributed by atoms with van der Waals surface area (Å²) in [6.45, 7) is 2.89. The van der Waals surface area contributed by atoms with Crippen LogP contribution < -0.4 is 25.8 Å². The second kappa shape index (κ2) is 14.3. The summed E-state index contributed by atoms with van der Waals surface area (Å²) in [5, 5.41) is 17.9. The van der Waals surface area contributed by atoms with Crippen LogP contribution in [-0.2, 0) is 11.3 Å². The Labute approximate surface area is 296 Å². The zero-order valence-electron chi connectivity index (χ0n) is 28.7. The lowest BCUT2D eigenvalue weighted by Gasteiger charge is -2.37. The molecule has 5 aromatic rings. The third-order valence-corrected chi connectivity index (χ3v) is 10.2. The Balaban J connectivity index is 0.871. The number of anilines is 6. The van der Waals surface area contributed by atoms with Gasteiger partial charge in [-0.25, -0.2) is 14.8 Å². The Morgan fingerprint density at radius 1 is 0.843 bits per heavy atom. The Hall–Kier alpha value is -5.63. The van der Waals surface area contributed by atoms with Gasteiger partial charge in [-0.2, -0.15) is 10.1 Å². The van der Waals surface area contributed by atoms with Gasteiger partial charge in [-0.05, 0) is 81.3 Å². The van der Waals surface area contributed by atoms with Gasteiger partial charge in [0.05, 0.1) is 11.9 Å². The van der Waals surface area contributed by atoms with Crippen LogP contribution in [0.1, 0.15) is 56.7 Å². The molecule has 0 spiro atoms. The molecule has 5 heterocycles. The van der Waals surface area contributed by atoms with Gasteiger partial charge in [0, 0.05) is 61.7 Å². The second-order valence-electron chi connectivity index (χ2n) is 13.6. The quantitative estimate of drug-likeness (QED) is 0.165. The van der Waals surface area contributed by atoms with Crippen molar-refractivity contribution in [3.05, 3.63) is 78.6 Å². The maximum atomic E-state index is 12.1. The first-order valence-electron chi connectivity index (χ1n) is 17.8. The zero-order valence-corrected chi connectivity index (χ0v) is 28.7. The van der Waals surface area contributed by atoms with E-state index in [1.807, 2.05) is 42.6 Å². The fraction of sp³-hybridized carbons (Fsp3) is 0.378. The van der Waals surface area contributed by atoms with Gasteiger partial charge in [0.15, 0.2) is 11.5 Å². The molecule has 1 aliphatic carbocycles. The molecule has 3 N–H and O–H groups in total. The number of hydrogen-bond donors (Lipinski definition) is 3. The molecule has 3 aliphatic rings. The Kier molecular flexibility index (Phi) is 9.14. The molecule has 262 valence electrons. The second-order valence-corrected chi connectivity index (χ2v) is 13.6. The summed E-state index contributed by atoms with van der Waals surface area (Å²) < 4.78 is 2.26. The molecule has 1 saturated carbocycles. The van der Waals surface area contributed by atoms with E-state index in [2.05, 4.69) is 76.8 Å². The van der Waals surface area contributed by atoms with Crippen LogP contribution in [0.4, 0.5) is 39.6 Å². The van der Waals surface area contributed by atoms with Gasteiger partial charge >= 0.3 is 6.03 Å². The number of hydrogen-bond acceptors (Lipinski definition) is 11. The van der Waals surface area contributed by atoms with E-state index in [1.54, 1.807) is 6.07 Å². The molecule has 3 amide bonds. The van der Waals surface area contributed by atoms with E-state index in [-0.39, 0.29) is 12.3 Å². The molecule has 0 radical (unpaired) electrons. The number of amides is 3. The number of aromatic nitrogens is 6. The largest absolute Gasteiger partial charge is 0.371 e. The number of imidazole rings is 1. The van der Waals surface area contributed by atoms with Crippen molar-refractivity contribution in [3.8, 4) is 0 Å². The molecular weight excluding hydrogens is 644 g/mol. The molecular formula is C37H42N12O2. The van der Waals surface area contributed by atoms with Crippen LogP contribution in [0.3, 0.4) is 0 Å². The van der Waals surface area contributed by atoms with Gasteiger partial charge in [0.25, 0.3) is 0 Å². The number of rotatable bonds is 10. The Bertz CT molecular complexity index is 1990. The highest BCUT2D eigenvalue weighted by Crippen LogP contribution is 2.36. The van der Waals surface area contributed by atoms with Crippen LogP contribution in [-0.4, -0.2) is 79.3 Å². The highest BCUT2D eigenvalue weighted by Gasteiger charge is 2.27. The van der Waals surface area contributed by atoms with Gasteiger partial charge in [0.1, 0.15) is 5.52 Å². The summed E-state index contributed by atoms with van der Waals surface area (Å²) >= 11 is 0. The maximum absolute atomic E-state index is 12.1. The molecule has 2 aliphatic heterocycles. The smallest absolute Gasteiger partial charge is 0.329 e. The molecule has 0 atom stereocenters. The van der Waals surface area contributed by atoms with Gasteiger partial charge < -0.3 is 15.5 Å². The van der Waals surface area contributed by atoms with Crippen molar-refractivity contribution >= 4 is 57.9 Å². The first-order valence-corrected chi connectivity index (χ1v) is 17.8. The van der Waals surface area contributed by atoms with Crippen molar-refractivity contribution in [2.75, 3.05) is 47.1 Å². The minimum Gasteiger partial charge on any atom is -0.371 e. The molecule has 8 rings (SSSR count). The number of para-hydroxylation sites is 1. The predicted octanol–water partition coefficient (Wildman–Crippen LogP) is 5.77. The highest BCUT2D eigenvalue weighted by atomic mass is 16.2. The normalized spacial score (nSPS) is 17.4. The molecule has 0 bridgehead atoms. The van der Waals surface area contributed by atoms with Crippen molar-refractivity contribution in [1.82, 2.24) is 39.9 Å². The monoisotopic (exact) mass is 686 g/mol. The molecule has 51 heavy (non-hydrogen) atoms. The summed E-state index contributed by atoms with van der Waals surface area (Å²) in [5.41, 5.74) is 5.60. The van der Waals surface area contributed by atoms with Crippen LogP contribution in [0.2, 0.25) is 0 Å². The van der Waals surface area contributed by atoms with E-state index in [4.69, 9.17) is 9.97 Å². The fourth-order valence-corrected chi connectivity index (χ4v) is 7.40. The molecule has 2 saturated heterocycles. The van der Waals surface area contributed by atoms with Crippen molar-refractivity contribution in [3.63, 3.8) is 0 Å². The predicted molar refractivity (Wildman–Crippen MR) is 197 cm³/mol. The summed E-state index contributed by atoms with van der Waals surface area (Å²) in [6.07, 6.45) is 8.79. The first-order chi connectivity index (χ1) is 25.0. The summed E-state index contributed by atoms with van der Waals surface area (Å²) in [6, 6.07) is 22.7. The first kappa shape index (κ1) is 32.6. The summed E-state index contributed by atoms with van der Waals surface area (Å²) in [4.78, 5) is 44.2. The maximum Gasteiger partial charge on any atom is 0.329 e. The van der Waals surface area contributed by atoms with Gasteiger partial charge in [-0.1, -0.05) is 31.0 Å². The van der Waals surface area contributed by atoms with Gasteiger partial charge in [0.2, 0.25) is 17.8 Å². The number of carbonyl (C=O) groups is 2. The molecule has 0 unspecified atom stereocenters. The lowest BCUT2D eigenvalue weighted by Crippen LogP contribution is -2.50. The standard InChI is InChI=1S/C37H42N12O2/c1-46(24-27-13-16-32(45-44-27)48-22-19-33(50)42-37(48)51)28-17-20-47(21-18-28)29-14-11-26(12-15-29)39-35-38-23-31-34(43-35)49(30-9-5-6-10-30)36(41-31)40-25-7-3-2-4-8-25/h2-4,7-8,11-16,23,28,30H,5-6,9-10,17-22,24H2,1H3,(H,40,41)(H,38,39,43)(H,42,50,51). The van der Waals surface area contributed by atoms with Crippen LogP contribution in [0, 0.1) is 0 Å². The van der Waals surface area contributed by atoms with E-state index >= 15 is 0 Å². The summed E-state index contributed by atoms with van der Waals surface area (Å²) in [7, 11) is 2.13. The number of urea groups is 1. The summed E-state index contributed by atoms with van der Waals surface area (Å²) in [5.74, 6) is 1.54. The van der Waals surface area contributed by atoms with Crippen LogP contribution in [0.25, 0.3) is 11.2 Å². The van der Waals surface area contributed by atoms with Crippen molar-refractivity contribution in [2.45, 2.75) is 63.6 Å². The Morgan fingerprint density at radius 3 is 2.33 bits per heavy atom. The fourth-order valence-electron chi connectivity index (χ4n) is 7.40. The van der Waals surface area contributed by atoms with E-state index in [1.165, 1.54) is 23.4 Å². The molecule has 3 fully saturated rings. The number of benzene rings is 2. The minimum atomic E-state index is -0.455. The molecule has 2 aromatic carbocycles. The van der Waals surface area contributed by atoms with Crippen molar-refractivity contribution in [1.29, 1.82) is 0 Å². The topological polar surface area (TPSA) is 149 Å². The number of nitrogens with zero attached hydrogens (tertiary/aromatic N) is 9. The van der Waals surface area contributed by atoms with Crippen molar-refractivity contribution < 1.29 is 9.59 Å². The molecule has 14 nitrogen and oxygen atoms in total. The molecule has 3 aromatic heterocycles. The SMILES string of the molecule is CN(Cc1ccc(N2CCC(=O)NC2=O)nn1)C1CCN(c2ccc(Nc3ncc4nc(Nc5ccccc5)n(C5CCCC5)c4n3)cc2)CC1. The van der Waals surface area contributed by atoms with E-state index in [9.17, 15) is 9.59 Å². The Morgan fingerprint density at radius 2 is 1.61 bits per heavy atom. The zero-order chi connectivity index (χ0) is 34.7. The number of carbonyl (C=O) groups excluding carboxylic acids is 2.